The van der Waals surface area contributed by atoms with E-state index in [0.717, 1.165) is 20.7 Å². The molecule has 0 atom stereocenters. The van der Waals surface area contributed by atoms with Crippen LogP contribution >= 0.6 is 38.9 Å². The Balaban J connectivity index is 1.87. The zero-order valence-corrected chi connectivity index (χ0v) is 16.1. The van der Waals surface area contributed by atoms with Gasteiger partial charge >= 0.3 is 0 Å². The number of thiophene rings is 1. The number of rotatable bonds is 6. The van der Waals surface area contributed by atoms with Gasteiger partial charge in [-0.15, -0.1) is 11.3 Å². The Bertz CT molecular complexity index is 821. The first-order valence-corrected chi connectivity index (χ1v) is 10.1. The predicted octanol–water partition coefficient (Wildman–Crippen LogP) is 3.78. The molecule has 0 aliphatic rings. The summed E-state index contributed by atoms with van der Waals surface area (Å²) >= 11 is 10.4. The molecule has 5 nitrogen and oxygen atoms in total. The molecule has 0 aliphatic carbocycles. The SMILES string of the molecule is Cc1ccc(NC(=O)CCNS(=O)(=O)c2ccc(Br)s2)c(Cl)c1. The smallest absolute Gasteiger partial charge is 0.250 e. The summed E-state index contributed by atoms with van der Waals surface area (Å²) in [6.07, 6.45) is 0.00990. The van der Waals surface area contributed by atoms with Gasteiger partial charge in [-0.2, -0.15) is 0 Å². The van der Waals surface area contributed by atoms with Crippen molar-refractivity contribution >= 4 is 60.5 Å². The fourth-order valence-corrected chi connectivity index (χ4v) is 5.12. The van der Waals surface area contributed by atoms with E-state index in [1.54, 1.807) is 18.2 Å². The molecule has 124 valence electrons. The number of carbonyl (C=O) groups is 1. The van der Waals surface area contributed by atoms with E-state index < -0.39 is 10.0 Å². The van der Waals surface area contributed by atoms with Crippen molar-refractivity contribution in [2.45, 2.75) is 17.6 Å². The van der Waals surface area contributed by atoms with Gasteiger partial charge in [-0.3, -0.25) is 4.79 Å². The third kappa shape index (κ3) is 5.29. The van der Waals surface area contributed by atoms with Gasteiger partial charge in [-0.25, -0.2) is 13.1 Å². The average molecular weight is 438 g/mol. The van der Waals surface area contributed by atoms with Gasteiger partial charge in [0.15, 0.2) is 0 Å². The molecule has 0 radical (unpaired) electrons. The number of anilines is 1. The van der Waals surface area contributed by atoms with Crippen molar-refractivity contribution in [2.75, 3.05) is 11.9 Å². The van der Waals surface area contributed by atoms with Gasteiger partial charge < -0.3 is 5.32 Å². The maximum atomic E-state index is 12.0. The van der Waals surface area contributed by atoms with E-state index in [2.05, 4.69) is 26.0 Å². The van der Waals surface area contributed by atoms with Gasteiger partial charge in [0.05, 0.1) is 14.5 Å². The van der Waals surface area contributed by atoms with Crippen LogP contribution in [0.1, 0.15) is 12.0 Å². The average Bonchev–Trinajstić information content (AvgIpc) is 2.89. The zero-order valence-electron chi connectivity index (χ0n) is 12.1. The maximum Gasteiger partial charge on any atom is 0.250 e. The summed E-state index contributed by atoms with van der Waals surface area (Å²) in [5.41, 5.74) is 1.50. The van der Waals surface area contributed by atoms with E-state index in [-0.39, 0.29) is 23.1 Å². The number of hydrogen-bond acceptors (Lipinski definition) is 4. The minimum Gasteiger partial charge on any atom is -0.325 e. The fraction of sp³-hybridized carbons (Fsp3) is 0.214. The summed E-state index contributed by atoms with van der Waals surface area (Å²) in [7, 11) is -3.59. The van der Waals surface area contributed by atoms with Crippen LogP contribution in [0.2, 0.25) is 5.02 Å². The number of sulfonamides is 1. The van der Waals surface area contributed by atoms with Crippen LogP contribution < -0.4 is 10.0 Å². The zero-order chi connectivity index (χ0) is 17.0. The molecular formula is C14H14BrClN2O3S2. The number of amides is 1. The molecule has 0 saturated carbocycles. The molecule has 2 N–H and O–H groups in total. The highest BCUT2D eigenvalue weighted by Crippen LogP contribution is 2.26. The molecule has 0 bridgehead atoms. The number of hydrogen-bond donors (Lipinski definition) is 2. The first-order valence-electron chi connectivity index (χ1n) is 6.59. The molecular weight excluding hydrogens is 424 g/mol. The van der Waals surface area contributed by atoms with Crippen LogP contribution in [0.3, 0.4) is 0 Å². The Morgan fingerprint density at radius 1 is 1.30 bits per heavy atom. The number of benzene rings is 1. The monoisotopic (exact) mass is 436 g/mol. The van der Waals surface area contributed by atoms with Gasteiger partial charge in [-0.1, -0.05) is 17.7 Å². The number of nitrogens with one attached hydrogen (secondary N) is 2. The van der Waals surface area contributed by atoms with E-state index in [1.165, 1.54) is 6.07 Å². The highest BCUT2D eigenvalue weighted by atomic mass is 79.9. The molecule has 1 aromatic heterocycles. The van der Waals surface area contributed by atoms with Crippen LogP contribution in [0.4, 0.5) is 5.69 Å². The van der Waals surface area contributed by atoms with Gasteiger partial charge in [0, 0.05) is 13.0 Å². The molecule has 1 aromatic carbocycles. The summed E-state index contributed by atoms with van der Waals surface area (Å²) in [6, 6.07) is 8.45. The van der Waals surface area contributed by atoms with E-state index in [0.29, 0.717) is 10.7 Å². The second kappa shape index (κ2) is 7.76. The van der Waals surface area contributed by atoms with Crippen LogP contribution in [0, 0.1) is 6.92 Å². The summed E-state index contributed by atoms with van der Waals surface area (Å²) in [4.78, 5) is 11.9. The first-order chi connectivity index (χ1) is 10.8. The van der Waals surface area contributed by atoms with Gasteiger partial charge in [0.25, 0.3) is 0 Å². The van der Waals surface area contributed by atoms with E-state index in [4.69, 9.17) is 11.6 Å². The summed E-state index contributed by atoms with van der Waals surface area (Å²) in [5, 5.41) is 3.10. The Morgan fingerprint density at radius 2 is 2.04 bits per heavy atom. The molecule has 2 aromatic rings. The van der Waals surface area contributed by atoms with E-state index in [9.17, 15) is 13.2 Å². The van der Waals surface area contributed by atoms with Crippen molar-refractivity contribution in [3.05, 3.63) is 44.7 Å². The number of aryl methyl sites for hydroxylation is 1. The van der Waals surface area contributed by atoms with Crippen molar-refractivity contribution in [1.82, 2.24) is 4.72 Å². The first kappa shape index (κ1) is 18.4. The van der Waals surface area contributed by atoms with Crippen molar-refractivity contribution in [1.29, 1.82) is 0 Å². The van der Waals surface area contributed by atoms with Gasteiger partial charge in [0.1, 0.15) is 4.21 Å². The molecule has 0 unspecified atom stereocenters. The Labute approximate surface area is 152 Å². The Morgan fingerprint density at radius 3 is 2.65 bits per heavy atom. The van der Waals surface area contributed by atoms with Crippen LogP contribution in [-0.2, 0) is 14.8 Å². The minimum absolute atomic E-state index is 0.00711. The lowest BCUT2D eigenvalue weighted by atomic mass is 10.2. The van der Waals surface area contributed by atoms with Crippen molar-refractivity contribution < 1.29 is 13.2 Å². The van der Waals surface area contributed by atoms with Crippen LogP contribution in [0.25, 0.3) is 0 Å². The summed E-state index contributed by atoms with van der Waals surface area (Å²) in [6.45, 7) is 1.91. The van der Waals surface area contributed by atoms with Crippen molar-refractivity contribution in [3.8, 4) is 0 Å². The molecule has 0 fully saturated rings. The van der Waals surface area contributed by atoms with Crippen molar-refractivity contribution in [3.63, 3.8) is 0 Å². The van der Waals surface area contributed by atoms with Crippen molar-refractivity contribution in [2.24, 2.45) is 0 Å². The predicted molar refractivity (Wildman–Crippen MR) is 96.6 cm³/mol. The third-order valence-electron chi connectivity index (χ3n) is 2.86. The van der Waals surface area contributed by atoms with E-state index in [1.807, 2.05) is 13.0 Å². The minimum atomic E-state index is -3.59. The number of halogens is 2. The molecule has 0 saturated heterocycles. The molecule has 23 heavy (non-hydrogen) atoms. The second-order valence-corrected chi connectivity index (χ2v) is 9.60. The maximum absolute atomic E-state index is 12.0. The lowest BCUT2D eigenvalue weighted by Crippen LogP contribution is -2.27. The van der Waals surface area contributed by atoms with Crippen LogP contribution in [-0.4, -0.2) is 20.9 Å². The van der Waals surface area contributed by atoms with Gasteiger partial charge in [0.2, 0.25) is 15.9 Å². The summed E-state index contributed by atoms with van der Waals surface area (Å²) < 4.78 is 27.3. The number of carbonyl (C=O) groups excluding carboxylic acids is 1. The lowest BCUT2D eigenvalue weighted by Gasteiger charge is -2.08. The summed E-state index contributed by atoms with van der Waals surface area (Å²) in [5.74, 6) is -0.314. The Kier molecular flexibility index (Phi) is 6.21. The largest absolute Gasteiger partial charge is 0.325 e. The molecule has 1 heterocycles. The van der Waals surface area contributed by atoms with Crippen LogP contribution in [0.5, 0.6) is 0 Å². The molecule has 0 aliphatic heterocycles. The highest BCUT2D eigenvalue weighted by Gasteiger charge is 2.16. The standard InChI is InChI=1S/C14H14BrClN2O3S2/c1-9-2-3-11(10(16)8-9)18-13(19)6-7-17-23(20,21)14-5-4-12(15)22-14/h2-5,8,17H,6-7H2,1H3,(H,18,19). The molecule has 9 heteroatoms. The van der Waals surface area contributed by atoms with E-state index >= 15 is 0 Å². The molecule has 0 spiro atoms. The lowest BCUT2D eigenvalue weighted by molar-refractivity contribution is -0.116. The highest BCUT2D eigenvalue weighted by molar-refractivity contribution is 9.11. The third-order valence-corrected chi connectivity index (χ3v) is 6.75. The fourth-order valence-electron chi connectivity index (χ4n) is 1.75. The second-order valence-electron chi connectivity index (χ2n) is 4.74. The molecule has 1 amide bonds. The van der Waals surface area contributed by atoms with Crippen LogP contribution in [0.15, 0.2) is 38.3 Å². The normalized spacial score (nSPS) is 11.4. The quantitative estimate of drug-likeness (QED) is 0.722. The van der Waals surface area contributed by atoms with Gasteiger partial charge in [-0.05, 0) is 52.7 Å². The topological polar surface area (TPSA) is 75.3 Å². The Hall–Kier alpha value is -0.930. The molecule has 2 rings (SSSR count).